The van der Waals surface area contributed by atoms with E-state index in [2.05, 4.69) is 13.8 Å². The molecule has 1 unspecified atom stereocenters. The van der Waals surface area contributed by atoms with Gasteiger partial charge in [-0.1, -0.05) is 200 Å². The Morgan fingerprint density at radius 3 is 0.978 bits per heavy atom. The third kappa shape index (κ3) is 35.6. The zero-order chi connectivity index (χ0) is 32.9. The molecule has 0 spiro atoms. The van der Waals surface area contributed by atoms with Gasteiger partial charge in [-0.05, 0) is 12.8 Å². The third-order valence-electron chi connectivity index (χ3n) is 9.15. The minimum absolute atomic E-state index is 0.0570. The van der Waals surface area contributed by atoms with Gasteiger partial charge >= 0.3 is 11.9 Å². The summed E-state index contributed by atoms with van der Waals surface area (Å²) in [6.07, 6.45) is 40.2. The maximum absolute atomic E-state index is 12.2. The van der Waals surface area contributed by atoms with Crippen molar-refractivity contribution < 1.29 is 24.2 Å². The molecule has 0 saturated carbocycles. The maximum atomic E-state index is 12.2. The molecule has 268 valence electrons. The summed E-state index contributed by atoms with van der Waals surface area (Å²) in [7, 11) is 0. The zero-order valence-electron chi connectivity index (χ0n) is 30.4. The van der Waals surface area contributed by atoms with Gasteiger partial charge in [-0.3, -0.25) is 9.59 Å². The smallest absolute Gasteiger partial charge is 0.306 e. The Labute approximate surface area is 280 Å². The van der Waals surface area contributed by atoms with Gasteiger partial charge in [-0.15, -0.1) is 0 Å². The number of esters is 2. The van der Waals surface area contributed by atoms with Crippen LogP contribution in [0.5, 0.6) is 0 Å². The lowest BCUT2D eigenvalue weighted by Crippen LogP contribution is -2.28. The van der Waals surface area contributed by atoms with E-state index in [0.717, 1.165) is 32.1 Å². The van der Waals surface area contributed by atoms with E-state index in [1.807, 2.05) is 0 Å². The monoisotopic (exact) mass is 639 g/mol. The van der Waals surface area contributed by atoms with E-state index in [9.17, 15) is 14.7 Å². The highest BCUT2D eigenvalue weighted by Gasteiger charge is 2.16. The van der Waals surface area contributed by atoms with Gasteiger partial charge in [-0.2, -0.15) is 0 Å². The van der Waals surface area contributed by atoms with Crippen LogP contribution in [0, 0.1) is 0 Å². The lowest BCUT2D eigenvalue weighted by atomic mass is 10.0. The molecule has 0 bridgehead atoms. The highest BCUT2D eigenvalue weighted by molar-refractivity contribution is 5.70. The van der Waals surface area contributed by atoms with E-state index in [0.29, 0.717) is 12.8 Å². The second-order valence-electron chi connectivity index (χ2n) is 13.7. The van der Waals surface area contributed by atoms with Crippen LogP contribution < -0.4 is 0 Å². The Morgan fingerprint density at radius 1 is 0.422 bits per heavy atom. The highest BCUT2D eigenvalue weighted by Crippen LogP contribution is 2.16. The Morgan fingerprint density at radius 2 is 0.689 bits per heavy atom. The molecule has 0 aromatic rings. The fourth-order valence-electron chi connectivity index (χ4n) is 6.08. The lowest BCUT2D eigenvalue weighted by molar-refractivity contribution is -0.161. The summed E-state index contributed by atoms with van der Waals surface area (Å²) in [4.78, 5) is 24.2. The zero-order valence-corrected chi connectivity index (χ0v) is 30.4. The molecule has 0 aromatic carbocycles. The van der Waals surface area contributed by atoms with E-state index in [4.69, 9.17) is 9.47 Å². The van der Waals surface area contributed by atoms with E-state index in [1.54, 1.807) is 0 Å². The number of carbonyl (C=O) groups is 2. The minimum atomic E-state index is -0.760. The predicted octanol–water partition coefficient (Wildman–Crippen LogP) is 12.3. The van der Waals surface area contributed by atoms with Crippen molar-refractivity contribution in [1.29, 1.82) is 0 Å². The minimum Gasteiger partial charge on any atom is -0.462 e. The molecule has 5 nitrogen and oxygen atoms in total. The first-order valence-electron chi connectivity index (χ1n) is 20.1. The molecule has 0 saturated heterocycles. The van der Waals surface area contributed by atoms with E-state index in [1.165, 1.54) is 167 Å². The molecule has 0 heterocycles. The highest BCUT2D eigenvalue weighted by atomic mass is 16.6. The van der Waals surface area contributed by atoms with Crippen molar-refractivity contribution in [2.75, 3.05) is 13.2 Å². The van der Waals surface area contributed by atoms with Crippen LogP contribution in [0.2, 0.25) is 0 Å². The molecule has 5 heteroatoms. The van der Waals surface area contributed by atoms with Gasteiger partial charge in [-0.25, -0.2) is 0 Å². The largest absolute Gasteiger partial charge is 0.462 e. The fourth-order valence-corrected chi connectivity index (χ4v) is 6.08. The maximum Gasteiger partial charge on any atom is 0.306 e. The second-order valence-corrected chi connectivity index (χ2v) is 13.7. The Balaban J connectivity index is 3.47. The van der Waals surface area contributed by atoms with E-state index >= 15 is 0 Å². The van der Waals surface area contributed by atoms with Crippen molar-refractivity contribution in [3.63, 3.8) is 0 Å². The van der Waals surface area contributed by atoms with Crippen molar-refractivity contribution in [1.82, 2.24) is 0 Å². The fraction of sp³-hybridized carbons (Fsp3) is 0.950. The van der Waals surface area contributed by atoms with Crippen LogP contribution in [-0.2, 0) is 19.1 Å². The quantitative estimate of drug-likeness (QED) is 0.0541. The van der Waals surface area contributed by atoms with Crippen LogP contribution in [0.15, 0.2) is 0 Å². The van der Waals surface area contributed by atoms with Crippen LogP contribution in [0.4, 0.5) is 0 Å². The van der Waals surface area contributed by atoms with Gasteiger partial charge in [0, 0.05) is 12.8 Å². The molecular weight excluding hydrogens is 560 g/mol. The summed E-state index contributed by atoms with van der Waals surface area (Å²) in [5.41, 5.74) is 0. The number of carbonyl (C=O) groups excluding carboxylic acids is 2. The van der Waals surface area contributed by atoms with Gasteiger partial charge in [0.05, 0.1) is 6.61 Å². The molecule has 45 heavy (non-hydrogen) atoms. The Hall–Kier alpha value is -1.10. The van der Waals surface area contributed by atoms with E-state index < -0.39 is 6.10 Å². The number of aliphatic hydroxyl groups is 1. The number of unbranched alkanes of at least 4 members (excludes halogenated alkanes) is 29. The van der Waals surface area contributed by atoms with E-state index in [-0.39, 0.29) is 25.2 Å². The van der Waals surface area contributed by atoms with Gasteiger partial charge in [0.15, 0.2) is 6.10 Å². The molecule has 1 N–H and O–H groups in total. The second kappa shape index (κ2) is 37.4. The van der Waals surface area contributed by atoms with Gasteiger partial charge in [0.2, 0.25) is 0 Å². The molecule has 0 rings (SSSR count). The van der Waals surface area contributed by atoms with Crippen molar-refractivity contribution in [2.45, 2.75) is 232 Å². The third-order valence-corrected chi connectivity index (χ3v) is 9.15. The van der Waals surface area contributed by atoms with Crippen molar-refractivity contribution in [2.24, 2.45) is 0 Å². The summed E-state index contributed by atoms with van der Waals surface area (Å²) in [5.74, 6) is -0.576. The summed E-state index contributed by atoms with van der Waals surface area (Å²) < 4.78 is 10.6. The Bertz CT molecular complexity index is 607. The topological polar surface area (TPSA) is 72.8 Å². The molecule has 0 aliphatic carbocycles. The summed E-state index contributed by atoms with van der Waals surface area (Å²) in [6.45, 7) is 4.16. The van der Waals surface area contributed by atoms with Crippen LogP contribution in [-0.4, -0.2) is 36.4 Å². The number of rotatable bonds is 37. The van der Waals surface area contributed by atoms with Crippen LogP contribution in [0.25, 0.3) is 0 Å². The molecule has 1 atom stereocenters. The summed E-state index contributed by atoms with van der Waals surface area (Å²) >= 11 is 0. The average molecular weight is 639 g/mol. The first-order valence-corrected chi connectivity index (χ1v) is 20.1. The lowest BCUT2D eigenvalue weighted by Gasteiger charge is -2.15. The average Bonchev–Trinajstić information content (AvgIpc) is 3.04. The van der Waals surface area contributed by atoms with Crippen molar-refractivity contribution in [3.8, 4) is 0 Å². The van der Waals surface area contributed by atoms with Crippen molar-refractivity contribution >= 4 is 11.9 Å². The number of ether oxygens (including phenoxy) is 2. The van der Waals surface area contributed by atoms with Crippen LogP contribution in [0.1, 0.15) is 226 Å². The Kier molecular flexibility index (Phi) is 36.4. The standard InChI is InChI=1S/C40H78O5/c1-3-5-7-9-11-13-15-17-18-19-20-21-22-23-25-27-29-31-33-35-40(43)45-38(36-41)37-44-39(42)34-32-30-28-26-24-16-14-12-10-8-6-4-2/h38,41H,3-37H2,1-2H3. The molecular formula is C40H78O5. The number of hydrogen-bond donors (Lipinski definition) is 1. The summed E-state index contributed by atoms with van der Waals surface area (Å²) in [6, 6.07) is 0. The van der Waals surface area contributed by atoms with Crippen molar-refractivity contribution in [3.05, 3.63) is 0 Å². The molecule has 0 aliphatic rings. The first kappa shape index (κ1) is 43.9. The van der Waals surface area contributed by atoms with Crippen LogP contribution >= 0.6 is 0 Å². The normalized spacial score (nSPS) is 12.0. The molecule has 0 aliphatic heterocycles. The first-order chi connectivity index (χ1) is 22.1. The number of hydrogen-bond acceptors (Lipinski definition) is 5. The SMILES string of the molecule is CCCCCCCCCCCCCCCCCCCCCC(=O)OC(CO)COC(=O)CCCCCCCCCCCCCC. The molecule has 0 radical (unpaired) electrons. The molecule has 0 fully saturated rings. The van der Waals surface area contributed by atoms with Crippen LogP contribution in [0.3, 0.4) is 0 Å². The number of aliphatic hydroxyl groups excluding tert-OH is 1. The molecule has 0 aromatic heterocycles. The molecule has 0 amide bonds. The summed E-state index contributed by atoms with van der Waals surface area (Å²) in [5, 5.41) is 9.54. The predicted molar refractivity (Wildman–Crippen MR) is 192 cm³/mol. The van der Waals surface area contributed by atoms with Gasteiger partial charge < -0.3 is 14.6 Å². The van der Waals surface area contributed by atoms with Gasteiger partial charge in [0.1, 0.15) is 6.61 Å². The van der Waals surface area contributed by atoms with Gasteiger partial charge in [0.25, 0.3) is 0 Å².